The predicted molar refractivity (Wildman–Crippen MR) is 53.1 cm³/mol. The van der Waals surface area contributed by atoms with Gasteiger partial charge in [0.1, 0.15) is 0 Å². The minimum atomic E-state index is -0.215. The molecule has 3 atom stereocenters. The van der Waals surface area contributed by atoms with Crippen molar-refractivity contribution in [3.05, 3.63) is 12.2 Å². The van der Waals surface area contributed by atoms with Gasteiger partial charge >= 0.3 is 5.97 Å². The van der Waals surface area contributed by atoms with Crippen LogP contribution in [0.3, 0.4) is 0 Å². The molecule has 0 aromatic rings. The molecule has 2 aliphatic heterocycles. The van der Waals surface area contributed by atoms with Gasteiger partial charge in [0.25, 0.3) is 0 Å². The summed E-state index contributed by atoms with van der Waals surface area (Å²) in [6, 6.07) is 0. The van der Waals surface area contributed by atoms with E-state index in [1.165, 1.54) is 0 Å². The molecule has 0 aromatic heterocycles. The summed E-state index contributed by atoms with van der Waals surface area (Å²) in [5.74, 6) is -0.358. The average molecular weight is 212 g/mol. The molecule has 1 saturated heterocycles. The second-order valence-corrected chi connectivity index (χ2v) is 4.16. The van der Waals surface area contributed by atoms with Gasteiger partial charge in [0.15, 0.2) is 6.79 Å². The van der Waals surface area contributed by atoms with E-state index in [1.807, 2.05) is 26.0 Å². The van der Waals surface area contributed by atoms with Crippen molar-refractivity contribution in [2.24, 2.45) is 5.92 Å². The molecule has 2 aliphatic rings. The van der Waals surface area contributed by atoms with E-state index in [0.29, 0.717) is 0 Å². The highest BCUT2D eigenvalue weighted by molar-refractivity contribution is 5.74. The maximum Gasteiger partial charge on any atom is 0.314 e. The summed E-state index contributed by atoms with van der Waals surface area (Å²) in [5, 5.41) is 0. The number of rotatable bonds is 4. The highest BCUT2D eigenvalue weighted by Crippen LogP contribution is 2.34. The summed E-state index contributed by atoms with van der Waals surface area (Å²) >= 11 is 0. The highest BCUT2D eigenvalue weighted by atomic mass is 16.7. The normalized spacial score (nSPS) is 32.6. The van der Waals surface area contributed by atoms with Crippen LogP contribution >= 0.6 is 0 Å². The maximum absolute atomic E-state index is 11.6. The fraction of sp³-hybridized carbons (Fsp3) is 0.727. The average Bonchev–Trinajstić information content (AvgIpc) is 2.77. The molecule has 84 valence electrons. The van der Waals surface area contributed by atoms with Crippen molar-refractivity contribution in [2.75, 3.05) is 6.79 Å². The molecule has 15 heavy (non-hydrogen) atoms. The lowest BCUT2D eigenvalue weighted by Gasteiger charge is -2.15. The van der Waals surface area contributed by atoms with Gasteiger partial charge in [-0.05, 0) is 20.3 Å². The summed E-state index contributed by atoms with van der Waals surface area (Å²) < 4.78 is 15.6. The number of hydrogen-bond acceptors (Lipinski definition) is 4. The first kappa shape index (κ1) is 10.6. The van der Waals surface area contributed by atoms with Crippen molar-refractivity contribution in [1.29, 1.82) is 0 Å². The van der Waals surface area contributed by atoms with Crippen molar-refractivity contribution >= 4 is 5.97 Å². The van der Waals surface area contributed by atoms with Crippen molar-refractivity contribution in [2.45, 2.75) is 38.6 Å². The molecule has 4 heteroatoms. The zero-order valence-electron chi connectivity index (χ0n) is 9.01. The second-order valence-electron chi connectivity index (χ2n) is 4.16. The fourth-order valence-corrected chi connectivity index (χ4v) is 1.84. The summed E-state index contributed by atoms with van der Waals surface area (Å²) in [5.41, 5.74) is 0. The van der Waals surface area contributed by atoms with Gasteiger partial charge in [0.2, 0.25) is 0 Å². The molecule has 0 spiro atoms. The second kappa shape index (κ2) is 4.33. The summed E-state index contributed by atoms with van der Waals surface area (Å²) in [6.45, 7) is 3.84. The molecule has 0 saturated carbocycles. The van der Waals surface area contributed by atoms with Crippen LogP contribution < -0.4 is 0 Å². The summed E-state index contributed by atoms with van der Waals surface area (Å²) in [4.78, 5) is 11.6. The van der Waals surface area contributed by atoms with Gasteiger partial charge in [0, 0.05) is 0 Å². The highest BCUT2D eigenvalue weighted by Gasteiger charge is 2.41. The van der Waals surface area contributed by atoms with Crippen LogP contribution in [0, 0.1) is 5.92 Å². The van der Waals surface area contributed by atoms with Gasteiger partial charge in [-0.25, -0.2) is 0 Å². The van der Waals surface area contributed by atoms with Gasteiger partial charge in [-0.3, -0.25) is 4.79 Å². The molecule has 0 aromatic carbocycles. The van der Waals surface area contributed by atoms with E-state index < -0.39 is 0 Å². The van der Waals surface area contributed by atoms with Gasteiger partial charge in [-0.15, -0.1) is 0 Å². The quantitative estimate of drug-likeness (QED) is 0.400. The zero-order chi connectivity index (χ0) is 10.8. The predicted octanol–water partition coefficient (Wildman–Crippen LogP) is 1.26. The Morgan fingerprint density at radius 1 is 1.53 bits per heavy atom. The third kappa shape index (κ3) is 2.38. The number of carbonyl (C=O) groups excluding carboxylic acids is 1. The van der Waals surface area contributed by atoms with E-state index in [0.717, 1.165) is 6.42 Å². The van der Waals surface area contributed by atoms with Crippen LogP contribution in [0.15, 0.2) is 12.2 Å². The number of fused-ring (bicyclic) bond motifs is 2. The van der Waals surface area contributed by atoms with Gasteiger partial charge in [-0.2, -0.15) is 0 Å². The number of hydrogen-bond donors (Lipinski definition) is 0. The Labute approximate surface area is 89.2 Å². The van der Waals surface area contributed by atoms with Gasteiger partial charge in [0.05, 0.1) is 24.2 Å². The monoisotopic (exact) mass is 212 g/mol. The van der Waals surface area contributed by atoms with E-state index in [4.69, 9.17) is 14.2 Å². The van der Waals surface area contributed by atoms with Crippen LogP contribution in [-0.2, 0) is 19.0 Å². The third-order valence-corrected chi connectivity index (χ3v) is 2.64. The molecule has 2 heterocycles. The Bertz CT molecular complexity index is 272. The molecule has 1 fully saturated rings. The van der Waals surface area contributed by atoms with Crippen LogP contribution in [0.4, 0.5) is 0 Å². The molecular formula is C11H16O4. The van der Waals surface area contributed by atoms with Gasteiger partial charge in [-0.1, -0.05) is 12.2 Å². The fourth-order valence-electron chi connectivity index (χ4n) is 1.84. The Kier molecular flexibility index (Phi) is 3.07. The van der Waals surface area contributed by atoms with Crippen molar-refractivity contribution in [3.8, 4) is 0 Å². The standard InChI is InChI=1S/C11H16O4/c1-7(2)13-6-14-11(12)9-5-8-3-4-10(9)15-8/h3-4,7-10H,5-6H2,1-2H3. The van der Waals surface area contributed by atoms with Crippen molar-refractivity contribution in [1.82, 2.24) is 0 Å². The molecule has 0 aliphatic carbocycles. The van der Waals surface area contributed by atoms with Crippen LogP contribution in [0.2, 0.25) is 0 Å². The molecule has 2 rings (SSSR count). The zero-order valence-corrected chi connectivity index (χ0v) is 9.01. The van der Waals surface area contributed by atoms with Gasteiger partial charge < -0.3 is 14.2 Å². The number of esters is 1. The van der Waals surface area contributed by atoms with Crippen LogP contribution in [-0.4, -0.2) is 31.1 Å². The SMILES string of the molecule is CC(C)OCOC(=O)C1CC2C=CC1O2. The minimum Gasteiger partial charge on any atom is -0.438 e. The topological polar surface area (TPSA) is 44.8 Å². The number of ether oxygens (including phenoxy) is 3. The van der Waals surface area contributed by atoms with E-state index in [1.54, 1.807) is 0 Å². The van der Waals surface area contributed by atoms with Crippen molar-refractivity contribution in [3.63, 3.8) is 0 Å². The lowest BCUT2D eigenvalue weighted by Crippen LogP contribution is -2.26. The first-order valence-electron chi connectivity index (χ1n) is 5.29. The van der Waals surface area contributed by atoms with Crippen LogP contribution in [0.1, 0.15) is 20.3 Å². The summed E-state index contributed by atoms with van der Waals surface area (Å²) in [6.07, 6.45) is 4.78. The Morgan fingerprint density at radius 2 is 2.33 bits per heavy atom. The Hall–Kier alpha value is -0.870. The Balaban J connectivity index is 1.75. The maximum atomic E-state index is 11.6. The number of carbonyl (C=O) groups is 1. The van der Waals surface area contributed by atoms with E-state index in [9.17, 15) is 4.79 Å². The smallest absolute Gasteiger partial charge is 0.314 e. The lowest BCUT2D eigenvalue weighted by atomic mass is 9.95. The molecule has 3 unspecified atom stereocenters. The first-order valence-corrected chi connectivity index (χ1v) is 5.29. The van der Waals surface area contributed by atoms with Crippen LogP contribution in [0.5, 0.6) is 0 Å². The summed E-state index contributed by atoms with van der Waals surface area (Å²) in [7, 11) is 0. The largest absolute Gasteiger partial charge is 0.438 e. The molecule has 2 bridgehead atoms. The Morgan fingerprint density at radius 3 is 2.87 bits per heavy atom. The third-order valence-electron chi connectivity index (χ3n) is 2.64. The van der Waals surface area contributed by atoms with E-state index in [2.05, 4.69) is 0 Å². The van der Waals surface area contributed by atoms with Crippen LogP contribution in [0.25, 0.3) is 0 Å². The molecular weight excluding hydrogens is 196 g/mol. The minimum absolute atomic E-state index is 0.0358. The van der Waals surface area contributed by atoms with E-state index in [-0.39, 0.29) is 37.0 Å². The molecule has 0 N–H and O–H groups in total. The molecule has 0 radical (unpaired) electrons. The lowest BCUT2D eigenvalue weighted by molar-refractivity contribution is -0.165. The molecule has 0 amide bonds. The molecule has 4 nitrogen and oxygen atoms in total. The first-order chi connectivity index (χ1) is 7.16. The van der Waals surface area contributed by atoms with E-state index >= 15 is 0 Å². The van der Waals surface area contributed by atoms with Crippen molar-refractivity contribution < 1.29 is 19.0 Å².